The molecule has 0 aromatic rings. The molecule has 0 N–H and O–H groups in total. The third kappa shape index (κ3) is 2.62. The van der Waals surface area contributed by atoms with E-state index in [1.165, 1.54) is 0 Å². The Hall–Kier alpha value is -0.990. The average Bonchev–Trinajstić information content (AvgIpc) is 1.95. The maximum absolute atomic E-state index is 4.24. The smallest absolute Gasteiger partial charge is 0.0906 e. The predicted octanol–water partition coefficient (Wildman–Crippen LogP) is 0.753. The van der Waals surface area contributed by atoms with E-state index in [1.807, 2.05) is 20.3 Å². The Balaban J connectivity index is 2.67. The molecule has 0 spiro atoms. The van der Waals surface area contributed by atoms with E-state index >= 15 is 0 Å². The van der Waals surface area contributed by atoms with Crippen molar-refractivity contribution < 1.29 is 0 Å². The molecule has 0 saturated carbocycles. The second-order valence-electron chi connectivity index (χ2n) is 2.98. The summed E-state index contributed by atoms with van der Waals surface area (Å²) in [6.07, 6.45) is 3.93. The molecule has 62 valence electrons. The average molecular weight is 153 g/mol. The number of nitrogens with zero attached hydrogens (tertiary/aromatic N) is 3. The van der Waals surface area contributed by atoms with Gasteiger partial charge in [-0.2, -0.15) is 0 Å². The zero-order valence-electron chi connectivity index (χ0n) is 7.41. The van der Waals surface area contributed by atoms with Crippen LogP contribution in [0.4, 0.5) is 0 Å². The van der Waals surface area contributed by atoms with E-state index in [-0.39, 0.29) is 0 Å². The SMILES string of the molecule is CC1=C/N(C)CCN(C)/C=N\1. The summed E-state index contributed by atoms with van der Waals surface area (Å²) in [5, 5.41) is 0. The summed E-state index contributed by atoms with van der Waals surface area (Å²) in [6, 6.07) is 0. The van der Waals surface area contributed by atoms with Gasteiger partial charge in [-0.3, -0.25) is 0 Å². The Morgan fingerprint density at radius 2 is 1.91 bits per heavy atom. The predicted molar refractivity (Wildman–Crippen MR) is 47.5 cm³/mol. The van der Waals surface area contributed by atoms with Gasteiger partial charge in [0.2, 0.25) is 0 Å². The standard InChI is InChI=1S/C8H15N3/c1-8-6-10(2)4-5-11(3)7-9-8/h6-7H,4-5H2,1-3H3/b8-6-,9-7-. The second-order valence-corrected chi connectivity index (χ2v) is 2.98. The van der Waals surface area contributed by atoms with Gasteiger partial charge >= 0.3 is 0 Å². The lowest BCUT2D eigenvalue weighted by molar-refractivity contribution is 0.384. The van der Waals surface area contributed by atoms with Crippen molar-refractivity contribution >= 4 is 6.34 Å². The lowest BCUT2D eigenvalue weighted by atomic mass is 10.4. The largest absolute Gasteiger partial charge is 0.377 e. The number of rotatable bonds is 0. The van der Waals surface area contributed by atoms with Gasteiger partial charge in [-0.15, -0.1) is 0 Å². The van der Waals surface area contributed by atoms with E-state index in [0.29, 0.717) is 0 Å². The van der Waals surface area contributed by atoms with Crippen LogP contribution in [-0.2, 0) is 0 Å². The molecule has 1 aliphatic heterocycles. The van der Waals surface area contributed by atoms with Gasteiger partial charge in [0.05, 0.1) is 12.0 Å². The maximum Gasteiger partial charge on any atom is 0.0906 e. The summed E-state index contributed by atoms with van der Waals surface area (Å²) in [5.74, 6) is 0. The van der Waals surface area contributed by atoms with Gasteiger partial charge in [0.25, 0.3) is 0 Å². The van der Waals surface area contributed by atoms with Crippen molar-refractivity contribution in [2.24, 2.45) is 4.99 Å². The fourth-order valence-corrected chi connectivity index (χ4v) is 0.980. The van der Waals surface area contributed by atoms with E-state index < -0.39 is 0 Å². The Kier molecular flexibility index (Phi) is 2.52. The first kappa shape index (κ1) is 8.11. The number of hydrogen-bond acceptors (Lipinski definition) is 3. The molecule has 0 aliphatic carbocycles. The molecule has 0 bridgehead atoms. The van der Waals surface area contributed by atoms with Crippen LogP contribution in [-0.4, -0.2) is 43.3 Å². The van der Waals surface area contributed by atoms with Crippen LogP contribution in [0.15, 0.2) is 16.9 Å². The van der Waals surface area contributed by atoms with Crippen LogP contribution in [0.5, 0.6) is 0 Å². The van der Waals surface area contributed by atoms with E-state index in [1.54, 1.807) is 0 Å². The van der Waals surface area contributed by atoms with Crippen LogP contribution < -0.4 is 0 Å². The molecule has 0 atom stereocenters. The lowest BCUT2D eigenvalue weighted by Crippen LogP contribution is -2.28. The quantitative estimate of drug-likeness (QED) is 0.511. The van der Waals surface area contributed by atoms with Crippen LogP contribution in [0.3, 0.4) is 0 Å². The van der Waals surface area contributed by atoms with Crippen molar-refractivity contribution in [1.82, 2.24) is 9.80 Å². The minimum Gasteiger partial charge on any atom is -0.377 e. The molecule has 0 radical (unpaired) electrons. The van der Waals surface area contributed by atoms with Crippen molar-refractivity contribution in [1.29, 1.82) is 0 Å². The van der Waals surface area contributed by atoms with Crippen molar-refractivity contribution in [3.63, 3.8) is 0 Å². The van der Waals surface area contributed by atoms with Crippen LogP contribution >= 0.6 is 0 Å². The van der Waals surface area contributed by atoms with E-state index in [4.69, 9.17) is 0 Å². The molecule has 3 nitrogen and oxygen atoms in total. The van der Waals surface area contributed by atoms with Gasteiger partial charge < -0.3 is 9.80 Å². The molecule has 3 heteroatoms. The fourth-order valence-electron chi connectivity index (χ4n) is 0.980. The van der Waals surface area contributed by atoms with Crippen LogP contribution in [0, 0.1) is 0 Å². The Morgan fingerprint density at radius 3 is 2.64 bits per heavy atom. The highest BCUT2D eigenvalue weighted by atomic mass is 15.2. The Labute approximate surface area is 68.0 Å². The zero-order chi connectivity index (χ0) is 8.27. The highest BCUT2D eigenvalue weighted by molar-refractivity contribution is 5.56. The molecule has 0 fully saturated rings. The summed E-state index contributed by atoms with van der Waals surface area (Å²) in [4.78, 5) is 8.48. The molecule has 1 heterocycles. The molecule has 0 aromatic carbocycles. The molecule has 1 aliphatic rings. The maximum atomic E-state index is 4.24. The summed E-state index contributed by atoms with van der Waals surface area (Å²) < 4.78 is 0. The molecule has 11 heavy (non-hydrogen) atoms. The van der Waals surface area contributed by atoms with Gasteiger partial charge in [-0.25, -0.2) is 4.99 Å². The Bertz CT molecular complexity index is 184. The molecule has 1 rings (SSSR count). The lowest BCUT2D eigenvalue weighted by Gasteiger charge is -2.21. The van der Waals surface area contributed by atoms with Crippen LogP contribution in [0.1, 0.15) is 6.92 Å². The number of hydrogen-bond donors (Lipinski definition) is 0. The summed E-state index contributed by atoms with van der Waals surface area (Å²) in [5.41, 5.74) is 1.05. The van der Waals surface area contributed by atoms with E-state index in [2.05, 4.69) is 28.0 Å². The summed E-state index contributed by atoms with van der Waals surface area (Å²) in [7, 11) is 4.11. The highest BCUT2D eigenvalue weighted by Crippen LogP contribution is 1.99. The summed E-state index contributed by atoms with van der Waals surface area (Å²) in [6.45, 7) is 4.09. The minimum absolute atomic E-state index is 1.03. The number of aliphatic imine (C=N–C) groups is 1. The molecule has 0 unspecified atom stereocenters. The van der Waals surface area contributed by atoms with Crippen molar-refractivity contribution in [3.05, 3.63) is 11.9 Å². The topological polar surface area (TPSA) is 18.8 Å². The first-order valence-electron chi connectivity index (χ1n) is 3.81. The van der Waals surface area contributed by atoms with Crippen molar-refractivity contribution in [2.45, 2.75) is 6.92 Å². The zero-order valence-corrected chi connectivity index (χ0v) is 7.41. The van der Waals surface area contributed by atoms with Crippen molar-refractivity contribution in [2.75, 3.05) is 27.2 Å². The molecule has 0 amide bonds. The third-order valence-electron chi connectivity index (χ3n) is 1.67. The second kappa shape index (κ2) is 3.42. The summed E-state index contributed by atoms with van der Waals surface area (Å²) >= 11 is 0. The van der Waals surface area contributed by atoms with Gasteiger partial charge in [-0.1, -0.05) is 0 Å². The number of allylic oxidation sites excluding steroid dienone is 1. The third-order valence-corrected chi connectivity index (χ3v) is 1.67. The van der Waals surface area contributed by atoms with Gasteiger partial charge in [0.15, 0.2) is 0 Å². The first-order chi connectivity index (χ1) is 5.18. The Morgan fingerprint density at radius 1 is 1.27 bits per heavy atom. The molecule has 0 saturated heterocycles. The molecular weight excluding hydrogens is 138 g/mol. The van der Waals surface area contributed by atoms with E-state index in [0.717, 1.165) is 18.8 Å². The van der Waals surface area contributed by atoms with Crippen LogP contribution in [0.25, 0.3) is 0 Å². The monoisotopic (exact) mass is 153 g/mol. The van der Waals surface area contributed by atoms with Gasteiger partial charge in [0.1, 0.15) is 0 Å². The van der Waals surface area contributed by atoms with Crippen molar-refractivity contribution in [3.8, 4) is 0 Å². The van der Waals surface area contributed by atoms with Gasteiger partial charge in [0, 0.05) is 33.4 Å². The van der Waals surface area contributed by atoms with Gasteiger partial charge in [-0.05, 0) is 6.92 Å². The molecule has 0 aromatic heterocycles. The number of likely N-dealkylation sites (N-methyl/N-ethyl adjacent to an activating group) is 2. The van der Waals surface area contributed by atoms with Crippen LogP contribution in [0.2, 0.25) is 0 Å². The molecular formula is C8H15N3. The first-order valence-corrected chi connectivity index (χ1v) is 3.81. The fraction of sp³-hybridized carbons (Fsp3) is 0.625. The normalized spacial score (nSPS) is 27.0. The van der Waals surface area contributed by atoms with E-state index in [9.17, 15) is 0 Å². The highest BCUT2D eigenvalue weighted by Gasteiger charge is 1.99. The minimum atomic E-state index is 1.03.